The van der Waals surface area contributed by atoms with Gasteiger partial charge in [0.25, 0.3) is 5.91 Å². The minimum absolute atomic E-state index is 0.0359. The third-order valence-electron chi connectivity index (χ3n) is 6.48. The second-order valence-corrected chi connectivity index (χ2v) is 10.8. The maximum absolute atomic E-state index is 12.6. The summed E-state index contributed by atoms with van der Waals surface area (Å²) in [6, 6.07) is 2.80. The molecule has 2 aromatic rings. The Hall–Kier alpha value is -3.28. The van der Waals surface area contributed by atoms with E-state index in [1.54, 1.807) is 0 Å². The second kappa shape index (κ2) is 7.65. The Morgan fingerprint density at radius 2 is 2.03 bits per heavy atom. The van der Waals surface area contributed by atoms with Crippen LogP contribution in [0.3, 0.4) is 0 Å². The molecule has 0 bridgehead atoms. The van der Waals surface area contributed by atoms with Crippen molar-refractivity contribution in [1.82, 2.24) is 20.5 Å². The fourth-order valence-electron chi connectivity index (χ4n) is 4.11. The van der Waals surface area contributed by atoms with Gasteiger partial charge in [0, 0.05) is 42.4 Å². The van der Waals surface area contributed by atoms with Crippen LogP contribution >= 0.6 is 0 Å². The van der Waals surface area contributed by atoms with Crippen molar-refractivity contribution in [3.05, 3.63) is 24.0 Å². The molecule has 0 radical (unpaired) electrons. The van der Waals surface area contributed by atoms with E-state index in [1.165, 1.54) is 18.3 Å². The lowest BCUT2D eigenvalue weighted by Gasteiger charge is -2.33. The van der Waals surface area contributed by atoms with Gasteiger partial charge >= 0.3 is 0 Å². The predicted molar refractivity (Wildman–Crippen MR) is 121 cm³/mol. The fourth-order valence-corrected chi connectivity index (χ4v) is 4.90. The van der Waals surface area contributed by atoms with E-state index in [0.29, 0.717) is 5.69 Å². The first-order valence-electron chi connectivity index (χ1n) is 12.1. The summed E-state index contributed by atoms with van der Waals surface area (Å²) in [5.41, 5.74) is 0.298. The molecule has 1 atom stereocenters. The first-order valence-corrected chi connectivity index (χ1v) is 12.5. The van der Waals surface area contributed by atoms with Crippen LogP contribution in [-0.2, 0) is 14.6 Å². The number of hydrogen-bond donors (Lipinski definition) is 3. The van der Waals surface area contributed by atoms with Crippen LogP contribution in [0.1, 0.15) is 40.3 Å². The average Bonchev–Trinajstić information content (AvgIpc) is 3.65. The van der Waals surface area contributed by atoms with Gasteiger partial charge in [0.2, 0.25) is 5.91 Å². The molecule has 0 unspecified atom stereocenters. The normalized spacial score (nSPS) is 21.8. The van der Waals surface area contributed by atoms with Crippen LogP contribution < -0.4 is 20.9 Å². The van der Waals surface area contributed by atoms with Gasteiger partial charge in [0.1, 0.15) is 10.7 Å². The molecule has 2 amide bonds. The van der Waals surface area contributed by atoms with E-state index < -0.39 is 28.4 Å². The van der Waals surface area contributed by atoms with Gasteiger partial charge in [-0.3, -0.25) is 9.59 Å². The van der Waals surface area contributed by atoms with E-state index in [1.807, 2.05) is 10.2 Å². The zero-order valence-corrected chi connectivity index (χ0v) is 18.7. The lowest BCUT2D eigenvalue weighted by atomic mass is 10.2. The van der Waals surface area contributed by atoms with Gasteiger partial charge in [-0.05, 0) is 37.2 Å². The first kappa shape index (κ1) is 18.2. The van der Waals surface area contributed by atoms with Crippen molar-refractivity contribution in [2.45, 2.75) is 30.6 Å². The number of nitrogens with zero attached hydrogens (tertiary/aromatic N) is 4. The van der Waals surface area contributed by atoms with Crippen molar-refractivity contribution in [1.29, 1.82) is 0 Å². The highest BCUT2D eigenvalue weighted by Crippen LogP contribution is 2.70. The number of hydrogen-bond acceptors (Lipinski definition) is 9. The highest BCUT2D eigenvalue weighted by molar-refractivity contribution is 7.90. The maximum atomic E-state index is 12.6. The smallest absolute Gasteiger partial charge is 0.273 e. The van der Waals surface area contributed by atoms with Gasteiger partial charge in [0.15, 0.2) is 21.3 Å². The average molecular weight is 475 g/mol. The molecule has 3 fully saturated rings. The fraction of sp³-hybridized carbons (Fsp3) is 0.476. The van der Waals surface area contributed by atoms with Gasteiger partial charge < -0.3 is 20.9 Å². The summed E-state index contributed by atoms with van der Waals surface area (Å²) < 4.78 is 47.1. The zero-order valence-electron chi connectivity index (χ0n) is 20.9. The number of rotatable bonds is 7. The summed E-state index contributed by atoms with van der Waals surface area (Å²) in [5, 5.41) is 15.0. The summed E-state index contributed by atoms with van der Waals surface area (Å²) in [7, 11) is -3.74. The van der Waals surface area contributed by atoms with Crippen molar-refractivity contribution in [3.63, 3.8) is 0 Å². The minimum atomic E-state index is -3.74. The molecule has 33 heavy (non-hydrogen) atoms. The van der Waals surface area contributed by atoms with Gasteiger partial charge in [-0.25, -0.2) is 13.4 Å². The van der Waals surface area contributed by atoms with Gasteiger partial charge in [-0.2, -0.15) is 0 Å². The van der Waals surface area contributed by atoms with E-state index in [2.05, 4.69) is 25.8 Å². The summed E-state index contributed by atoms with van der Waals surface area (Å²) in [6.45, 7) is -1.21. The van der Waals surface area contributed by atoms with Crippen LogP contribution in [0.5, 0.6) is 0 Å². The molecule has 5 rings (SSSR count). The van der Waals surface area contributed by atoms with E-state index >= 15 is 0 Å². The monoisotopic (exact) mass is 474 g/mol. The molecule has 1 saturated heterocycles. The number of amides is 2. The molecule has 12 heteroatoms. The molecular weight excluding hydrogens is 446 g/mol. The Morgan fingerprint density at radius 1 is 1.24 bits per heavy atom. The molecule has 174 valence electrons. The van der Waals surface area contributed by atoms with Crippen molar-refractivity contribution in [2.75, 3.05) is 41.9 Å². The van der Waals surface area contributed by atoms with Crippen LogP contribution in [-0.4, -0.2) is 61.7 Å². The quantitative estimate of drug-likeness (QED) is 0.541. The molecule has 1 aliphatic heterocycles. The number of aromatic nitrogens is 3. The predicted octanol–water partition coefficient (Wildman–Crippen LogP) is 1.33. The third-order valence-corrected chi connectivity index (χ3v) is 7.59. The van der Waals surface area contributed by atoms with Gasteiger partial charge in [-0.15, -0.1) is 10.2 Å². The van der Waals surface area contributed by atoms with Crippen molar-refractivity contribution in [3.8, 4) is 0 Å². The van der Waals surface area contributed by atoms with E-state index in [4.69, 9.17) is 4.11 Å². The lowest BCUT2D eigenvalue weighted by Crippen LogP contribution is -2.37. The standard InChI is InChI=1S/C21H25N7O4S/c1-22-20(30)17-14(9-16(26-27-17)25-19(29)13-10-21(13)4-5-21)24-18-15(33(2,31)32)8-12(11-23-18)28-6-3-7-28/h8-9,11,13H,3-7,10H2,1-2H3,(H,22,30)(H2,23,24,25,26,29)/t13-/m1/s1/i1D3. The Labute approximate surface area is 195 Å². The largest absolute Gasteiger partial charge is 0.370 e. The number of nitrogens with one attached hydrogen (secondary N) is 3. The number of anilines is 4. The number of sulfone groups is 1. The number of pyridine rings is 1. The van der Waals surface area contributed by atoms with Crippen LogP contribution in [0.2, 0.25) is 0 Å². The highest BCUT2D eigenvalue weighted by atomic mass is 32.2. The molecule has 3 aliphatic rings. The molecular formula is C21H25N7O4S. The first-order chi connectivity index (χ1) is 16.8. The zero-order chi connectivity index (χ0) is 25.9. The number of carbonyl (C=O) groups is 2. The third kappa shape index (κ3) is 4.10. The Morgan fingerprint density at radius 3 is 2.64 bits per heavy atom. The van der Waals surface area contributed by atoms with Crippen molar-refractivity contribution >= 4 is 44.7 Å². The van der Waals surface area contributed by atoms with Crippen molar-refractivity contribution < 1.29 is 22.1 Å². The summed E-state index contributed by atoms with van der Waals surface area (Å²) >= 11 is 0. The summed E-state index contributed by atoms with van der Waals surface area (Å²) in [5.74, 6) is -1.40. The molecule has 3 N–H and O–H groups in total. The Kier molecular flexibility index (Phi) is 4.21. The van der Waals surface area contributed by atoms with E-state index in [0.717, 1.165) is 45.0 Å². The van der Waals surface area contributed by atoms with Crippen molar-refractivity contribution in [2.24, 2.45) is 11.3 Å². The molecule has 0 aromatic carbocycles. The van der Waals surface area contributed by atoms with Gasteiger partial charge in [-0.1, -0.05) is 0 Å². The van der Waals surface area contributed by atoms with E-state index in [9.17, 15) is 18.0 Å². The van der Waals surface area contributed by atoms with Crippen LogP contribution in [0.4, 0.5) is 23.0 Å². The molecule has 1 spiro atoms. The SMILES string of the molecule is [2H]C([2H])([2H])NC(=O)c1nnc(NC(=O)[C@H]2CC23CC3)cc1Nc1ncc(N2CCC2)cc1S(C)(=O)=O. The van der Waals surface area contributed by atoms with Crippen LogP contribution in [0.15, 0.2) is 23.2 Å². The van der Waals surface area contributed by atoms with Crippen LogP contribution in [0.25, 0.3) is 0 Å². The lowest BCUT2D eigenvalue weighted by molar-refractivity contribution is -0.117. The van der Waals surface area contributed by atoms with Gasteiger partial charge in [0.05, 0.1) is 17.6 Å². The molecule has 2 aromatic heterocycles. The minimum Gasteiger partial charge on any atom is -0.370 e. The Bertz CT molecular complexity index is 1360. The maximum Gasteiger partial charge on any atom is 0.273 e. The molecule has 3 heterocycles. The summed E-state index contributed by atoms with van der Waals surface area (Å²) in [6.07, 6.45) is 6.40. The van der Waals surface area contributed by atoms with E-state index in [-0.39, 0.29) is 39.5 Å². The van der Waals surface area contributed by atoms with Crippen LogP contribution in [0, 0.1) is 11.3 Å². The molecule has 2 saturated carbocycles. The molecule has 11 nitrogen and oxygen atoms in total. The second-order valence-electron chi connectivity index (χ2n) is 8.83. The molecule has 2 aliphatic carbocycles. The summed E-state index contributed by atoms with van der Waals surface area (Å²) in [4.78, 5) is 31.4. The Balaban J connectivity index is 1.48. The number of carbonyl (C=O) groups excluding carboxylic acids is 2. The highest BCUT2D eigenvalue weighted by Gasteiger charge is 2.65. The topological polar surface area (TPSA) is 146 Å².